The van der Waals surface area contributed by atoms with Crippen molar-refractivity contribution in [3.8, 4) is 28.4 Å². The van der Waals surface area contributed by atoms with Gasteiger partial charge in [0.25, 0.3) is 5.69 Å². The highest BCUT2D eigenvalue weighted by atomic mass is 16.6. The van der Waals surface area contributed by atoms with Crippen molar-refractivity contribution in [2.45, 2.75) is 0 Å². The van der Waals surface area contributed by atoms with Crippen LogP contribution in [0.4, 0.5) is 5.69 Å². The van der Waals surface area contributed by atoms with Gasteiger partial charge in [-0.05, 0) is 12.1 Å². The Morgan fingerprint density at radius 2 is 1.69 bits per heavy atom. The number of nitrogens with zero attached hydrogens (tertiary/aromatic N) is 4. The minimum Gasteiger partial charge on any atom is -0.486 e. The number of rotatable bonds is 3. The molecule has 0 saturated carbocycles. The van der Waals surface area contributed by atoms with Gasteiger partial charge >= 0.3 is 0 Å². The Morgan fingerprint density at radius 3 is 2.47 bits per heavy atom. The maximum absolute atomic E-state index is 11.4. The molecule has 0 amide bonds. The molecule has 156 valence electrons. The molecule has 1 aliphatic heterocycles. The van der Waals surface area contributed by atoms with Crippen LogP contribution in [0.3, 0.4) is 0 Å². The second-order valence-corrected chi connectivity index (χ2v) is 7.44. The number of nitro groups is 1. The monoisotopic (exact) mass is 424 g/mol. The number of hydrogen-bond donors (Lipinski definition) is 0. The van der Waals surface area contributed by atoms with Crippen molar-refractivity contribution >= 4 is 27.5 Å². The summed E-state index contributed by atoms with van der Waals surface area (Å²) in [6.45, 7) is 0.964. The molecule has 0 atom stereocenters. The molecule has 0 saturated heterocycles. The second-order valence-electron chi connectivity index (χ2n) is 7.44. The number of ether oxygens (including phenoxy) is 2. The lowest BCUT2D eigenvalue weighted by Crippen LogP contribution is -2.15. The molecule has 32 heavy (non-hydrogen) atoms. The van der Waals surface area contributed by atoms with Crippen LogP contribution in [0.2, 0.25) is 0 Å². The Balaban J connectivity index is 1.71. The third kappa shape index (κ3) is 2.84. The molecule has 8 heteroatoms. The quantitative estimate of drug-likeness (QED) is 0.302. The van der Waals surface area contributed by atoms with Crippen molar-refractivity contribution in [2.24, 2.45) is 0 Å². The van der Waals surface area contributed by atoms with E-state index in [0.29, 0.717) is 30.4 Å². The Bertz CT molecular complexity index is 1510. The van der Waals surface area contributed by atoms with E-state index in [1.807, 2.05) is 42.5 Å². The third-order valence-electron chi connectivity index (χ3n) is 5.50. The van der Waals surface area contributed by atoms with Crippen LogP contribution in [0.1, 0.15) is 0 Å². The van der Waals surface area contributed by atoms with Crippen molar-refractivity contribution in [2.75, 3.05) is 13.2 Å². The van der Waals surface area contributed by atoms with Crippen LogP contribution < -0.4 is 9.47 Å². The van der Waals surface area contributed by atoms with E-state index in [1.54, 1.807) is 23.0 Å². The minimum atomic E-state index is -0.408. The van der Waals surface area contributed by atoms with E-state index in [2.05, 4.69) is 4.98 Å². The van der Waals surface area contributed by atoms with Crippen molar-refractivity contribution in [3.63, 3.8) is 0 Å². The van der Waals surface area contributed by atoms with Gasteiger partial charge in [-0.2, -0.15) is 5.10 Å². The molecule has 5 aromatic rings. The van der Waals surface area contributed by atoms with Gasteiger partial charge in [-0.1, -0.05) is 36.4 Å². The molecular formula is C24H16N4O4. The summed E-state index contributed by atoms with van der Waals surface area (Å²) >= 11 is 0. The fourth-order valence-corrected chi connectivity index (χ4v) is 4.05. The molecule has 0 spiro atoms. The molecule has 3 heterocycles. The predicted octanol–water partition coefficient (Wildman–Crippen LogP) is 4.92. The van der Waals surface area contributed by atoms with Gasteiger partial charge in [-0.15, -0.1) is 0 Å². The fourth-order valence-electron chi connectivity index (χ4n) is 4.05. The van der Waals surface area contributed by atoms with Crippen molar-refractivity contribution in [1.82, 2.24) is 14.8 Å². The lowest BCUT2D eigenvalue weighted by Gasteiger charge is -2.19. The molecule has 6 rings (SSSR count). The summed E-state index contributed by atoms with van der Waals surface area (Å²) in [6.07, 6.45) is 1.79. The molecule has 0 N–H and O–H groups in total. The largest absolute Gasteiger partial charge is 0.486 e. The van der Waals surface area contributed by atoms with Crippen LogP contribution >= 0.6 is 0 Å². The zero-order valence-corrected chi connectivity index (χ0v) is 16.8. The summed E-state index contributed by atoms with van der Waals surface area (Å²) in [6, 6.07) is 20.0. The first kappa shape index (κ1) is 18.3. The molecule has 2 aromatic heterocycles. The normalized spacial score (nSPS) is 12.9. The van der Waals surface area contributed by atoms with Gasteiger partial charge in [0.1, 0.15) is 18.9 Å². The zero-order chi connectivity index (χ0) is 21.7. The Morgan fingerprint density at radius 1 is 0.906 bits per heavy atom. The fraction of sp³-hybridized carbons (Fsp3) is 0.0833. The van der Waals surface area contributed by atoms with Crippen LogP contribution in [0, 0.1) is 10.1 Å². The summed E-state index contributed by atoms with van der Waals surface area (Å²) in [4.78, 5) is 15.6. The number of hydrogen-bond acceptors (Lipinski definition) is 6. The van der Waals surface area contributed by atoms with E-state index in [9.17, 15) is 10.1 Å². The van der Waals surface area contributed by atoms with E-state index in [0.717, 1.165) is 33.1 Å². The van der Waals surface area contributed by atoms with Gasteiger partial charge in [0.15, 0.2) is 11.5 Å². The summed E-state index contributed by atoms with van der Waals surface area (Å²) in [7, 11) is 0. The summed E-state index contributed by atoms with van der Waals surface area (Å²) < 4.78 is 13.2. The molecule has 1 aliphatic rings. The lowest BCUT2D eigenvalue weighted by atomic mass is 10.1. The number of nitro benzene ring substituents is 1. The standard InChI is InChI=1S/C24H16N4O4/c29-28(30)17-8-4-7-16(11-17)27-24-18-12-21-22(32-10-9-31-21)13-20(18)25-14-19(24)23(26-27)15-5-2-1-3-6-15/h1-8,11-14H,9-10H2. The number of fused-ring (bicyclic) bond motifs is 4. The van der Waals surface area contributed by atoms with Gasteiger partial charge in [0.05, 0.1) is 21.6 Å². The summed E-state index contributed by atoms with van der Waals surface area (Å²) in [5, 5.41) is 17.9. The van der Waals surface area contributed by atoms with Gasteiger partial charge < -0.3 is 9.47 Å². The number of pyridine rings is 1. The van der Waals surface area contributed by atoms with Crippen molar-refractivity contribution < 1.29 is 14.4 Å². The maximum Gasteiger partial charge on any atom is 0.271 e. The van der Waals surface area contributed by atoms with Gasteiger partial charge in [-0.25, -0.2) is 4.68 Å². The second kappa shape index (κ2) is 7.05. The van der Waals surface area contributed by atoms with E-state index in [4.69, 9.17) is 14.6 Å². The zero-order valence-electron chi connectivity index (χ0n) is 16.8. The molecule has 3 aromatic carbocycles. The average Bonchev–Trinajstić information content (AvgIpc) is 3.24. The van der Waals surface area contributed by atoms with Gasteiger partial charge in [-0.3, -0.25) is 15.1 Å². The Hall–Kier alpha value is -4.46. The first-order valence-corrected chi connectivity index (χ1v) is 10.1. The molecule has 0 unspecified atom stereocenters. The van der Waals surface area contributed by atoms with Crippen molar-refractivity contribution in [3.05, 3.63) is 83.0 Å². The molecule has 0 aliphatic carbocycles. The van der Waals surface area contributed by atoms with E-state index in [-0.39, 0.29) is 5.69 Å². The molecular weight excluding hydrogens is 408 g/mol. The molecule has 0 fully saturated rings. The first-order valence-electron chi connectivity index (χ1n) is 10.1. The van der Waals surface area contributed by atoms with Gasteiger partial charge in [0.2, 0.25) is 0 Å². The third-order valence-corrected chi connectivity index (χ3v) is 5.50. The maximum atomic E-state index is 11.4. The highest BCUT2D eigenvalue weighted by Crippen LogP contribution is 2.39. The Labute approximate surface area is 181 Å². The average molecular weight is 424 g/mol. The molecule has 8 nitrogen and oxygen atoms in total. The summed E-state index contributed by atoms with van der Waals surface area (Å²) in [5.41, 5.74) is 3.80. The van der Waals surface area contributed by atoms with Crippen LogP contribution in [0.5, 0.6) is 11.5 Å². The highest BCUT2D eigenvalue weighted by Gasteiger charge is 2.21. The van der Waals surface area contributed by atoms with Crippen LogP contribution in [-0.2, 0) is 0 Å². The van der Waals surface area contributed by atoms with Crippen LogP contribution in [0.25, 0.3) is 38.8 Å². The molecule has 0 radical (unpaired) electrons. The number of benzene rings is 3. The highest BCUT2D eigenvalue weighted by molar-refractivity contribution is 6.09. The minimum absolute atomic E-state index is 0.000106. The van der Waals surface area contributed by atoms with E-state index in [1.165, 1.54) is 12.1 Å². The van der Waals surface area contributed by atoms with E-state index < -0.39 is 4.92 Å². The van der Waals surface area contributed by atoms with Crippen molar-refractivity contribution in [1.29, 1.82) is 0 Å². The van der Waals surface area contributed by atoms with Crippen LogP contribution in [-0.4, -0.2) is 32.9 Å². The smallest absolute Gasteiger partial charge is 0.271 e. The van der Waals surface area contributed by atoms with Crippen LogP contribution in [0.15, 0.2) is 72.9 Å². The Kier molecular flexibility index (Phi) is 4.04. The number of aromatic nitrogens is 3. The summed E-state index contributed by atoms with van der Waals surface area (Å²) in [5.74, 6) is 1.30. The predicted molar refractivity (Wildman–Crippen MR) is 119 cm³/mol. The van der Waals surface area contributed by atoms with E-state index >= 15 is 0 Å². The van der Waals surface area contributed by atoms with Gasteiger partial charge in [0, 0.05) is 40.7 Å². The lowest BCUT2D eigenvalue weighted by molar-refractivity contribution is -0.384. The number of non-ortho nitro benzene ring substituents is 1. The topological polar surface area (TPSA) is 92.3 Å². The SMILES string of the molecule is O=[N+]([O-])c1cccc(-n2nc(-c3ccccc3)c3cnc4cc5c(cc4c32)OCCO5)c1. The first-order chi connectivity index (χ1) is 15.7. The molecule has 0 bridgehead atoms.